The van der Waals surface area contributed by atoms with E-state index in [-0.39, 0.29) is 0 Å². The number of hydrogen-bond donors (Lipinski definition) is 1. The molecule has 2 saturated heterocycles. The fourth-order valence-electron chi connectivity index (χ4n) is 2.92. The van der Waals surface area contributed by atoms with Gasteiger partial charge in [0, 0.05) is 63.4 Å². The van der Waals surface area contributed by atoms with Crippen molar-refractivity contribution in [1.29, 1.82) is 0 Å². The summed E-state index contributed by atoms with van der Waals surface area (Å²) < 4.78 is 11.0. The molecule has 2 aliphatic rings. The maximum atomic E-state index is 6.11. The summed E-state index contributed by atoms with van der Waals surface area (Å²) in [5.74, 6) is 1.23. The molecule has 0 aliphatic carbocycles. The minimum atomic E-state index is 0.577. The van der Waals surface area contributed by atoms with E-state index in [0.29, 0.717) is 11.9 Å². The Kier molecular flexibility index (Phi) is 6.68. The Morgan fingerprint density at radius 1 is 1.42 bits per heavy atom. The fraction of sp³-hybridized carbons (Fsp3) is 0.750. The first-order valence-electron chi connectivity index (χ1n) is 8.68. The molecule has 7 nitrogen and oxygen atoms in total. The summed E-state index contributed by atoms with van der Waals surface area (Å²) in [5.41, 5.74) is 6.11. The van der Waals surface area contributed by atoms with Crippen LogP contribution in [-0.4, -0.2) is 75.0 Å². The minimum Gasteiger partial charge on any atom is -0.381 e. The molecular weight excluding hydrogens is 326 g/mol. The summed E-state index contributed by atoms with van der Waals surface area (Å²) in [7, 11) is 0. The Morgan fingerprint density at radius 3 is 3.00 bits per heavy atom. The summed E-state index contributed by atoms with van der Waals surface area (Å²) in [5, 5.41) is 3.11. The van der Waals surface area contributed by atoms with Crippen LogP contribution in [0.4, 0.5) is 5.13 Å². The van der Waals surface area contributed by atoms with Gasteiger partial charge in [-0.3, -0.25) is 4.99 Å². The zero-order valence-electron chi connectivity index (χ0n) is 14.1. The highest BCUT2D eigenvalue weighted by Gasteiger charge is 2.19. The summed E-state index contributed by atoms with van der Waals surface area (Å²) in [6.07, 6.45) is 3.88. The highest BCUT2D eigenvalue weighted by molar-refractivity contribution is 7.13. The lowest BCUT2D eigenvalue weighted by Crippen LogP contribution is -2.51. The molecular formula is C16H27N5O2S. The van der Waals surface area contributed by atoms with E-state index < -0.39 is 0 Å². The monoisotopic (exact) mass is 353 g/mol. The highest BCUT2D eigenvalue weighted by atomic mass is 32.1. The van der Waals surface area contributed by atoms with Gasteiger partial charge >= 0.3 is 0 Å². The van der Waals surface area contributed by atoms with Crippen LogP contribution in [0.1, 0.15) is 12.8 Å². The van der Waals surface area contributed by atoms with E-state index in [1.54, 1.807) is 11.3 Å². The second kappa shape index (κ2) is 9.19. The van der Waals surface area contributed by atoms with Crippen LogP contribution >= 0.6 is 11.3 Å². The van der Waals surface area contributed by atoms with Gasteiger partial charge < -0.3 is 25.0 Å². The predicted octanol–water partition coefficient (Wildman–Crippen LogP) is 1.02. The van der Waals surface area contributed by atoms with Crippen molar-refractivity contribution in [3.63, 3.8) is 0 Å². The third-order valence-corrected chi connectivity index (χ3v) is 5.22. The second-order valence-electron chi connectivity index (χ2n) is 6.19. The average Bonchev–Trinajstić information content (AvgIpc) is 3.31. The largest absolute Gasteiger partial charge is 0.381 e. The van der Waals surface area contributed by atoms with Crippen LogP contribution in [0.5, 0.6) is 0 Å². The highest BCUT2D eigenvalue weighted by Crippen LogP contribution is 2.18. The number of thiazole rings is 1. The van der Waals surface area contributed by atoms with E-state index in [4.69, 9.17) is 15.2 Å². The minimum absolute atomic E-state index is 0.577. The maximum Gasteiger partial charge on any atom is 0.191 e. The number of ether oxygens (including phenoxy) is 2. The third-order valence-electron chi connectivity index (χ3n) is 4.39. The molecule has 0 radical (unpaired) electrons. The van der Waals surface area contributed by atoms with Crippen LogP contribution in [0.15, 0.2) is 16.6 Å². The molecule has 0 saturated carbocycles. The van der Waals surface area contributed by atoms with Crippen molar-refractivity contribution in [2.24, 2.45) is 16.6 Å². The summed E-state index contributed by atoms with van der Waals surface area (Å²) in [4.78, 5) is 13.3. The number of nitrogens with two attached hydrogens (primary N) is 1. The summed E-state index contributed by atoms with van der Waals surface area (Å²) >= 11 is 1.68. The van der Waals surface area contributed by atoms with Gasteiger partial charge in [0.2, 0.25) is 0 Å². The first kappa shape index (κ1) is 17.4. The maximum absolute atomic E-state index is 6.11. The molecule has 0 bridgehead atoms. The number of anilines is 1. The van der Waals surface area contributed by atoms with Crippen molar-refractivity contribution in [2.75, 3.05) is 64.1 Å². The first-order chi connectivity index (χ1) is 11.8. The van der Waals surface area contributed by atoms with Crippen molar-refractivity contribution in [2.45, 2.75) is 12.8 Å². The van der Waals surface area contributed by atoms with Crippen LogP contribution in [0.3, 0.4) is 0 Å². The van der Waals surface area contributed by atoms with Gasteiger partial charge in [0.25, 0.3) is 0 Å². The Morgan fingerprint density at radius 2 is 2.29 bits per heavy atom. The van der Waals surface area contributed by atoms with Crippen molar-refractivity contribution < 1.29 is 9.47 Å². The number of hydrogen-bond acceptors (Lipinski definition) is 6. The molecule has 1 aromatic heterocycles. The Bertz CT molecular complexity index is 497. The molecule has 0 amide bonds. The van der Waals surface area contributed by atoms with Crippen LogP contribution < -0.4 is 10.6 Å². The van der Waals surface area contributed by atoms with Crippen molar-refractivity contribution in [3.05, 3.63) is 11.6 Å². The molecule has 2 fully saturated rings. The molecule has 2 N–H and O–H groups in total. The van der Waals surface area contributed by atoms with Gasteiger partial charge in [0.05, 0.1) is 13.2 Å². The first-order valence-corrected chi connectivity index (χ1v) is 9.55. The fourth-order valence-corrected chi connectivity index (χ4v) is 3.62. The number of nitrogens with zero attached hydrogens (tertiary/aromatic N) is 4. The number of piperazine rings is 1. The topological polar surface area (TPSA) is 76.2 Å². The standard InChI is InChI=1S/C16H27N5O2S/c17-15(18-3-1-9-22-12-14-2-10-23-13-14)20-5-7-21(8-6-20)16-19-4-11-24-16/h4,11,14H,1-3,5-10,12-13H2,(H2,17,18). The molecule has 1 aromatic rings. The van der Waals surface area contributed by atoms with Crippen LogP contribution in [0, 0.1) is 5.92 Å². The van der Waals surface area contributed by atoms with Crippen molar-refractivity contribution in [3.8, 4) is 0 Å². The molecule has 24 heavy (non-hydrogen) atoms. The molecule has 3 heterocycles. The zero-order chi connectivity index (χ0) is 16.6. The van der Waals surface area contributed by atoms with E-state index in [9.17, 15) is 0 Å². The zero-order valence-corrected chi connectivity index (χ0v) is 14.9. The Balaban J connectivity index is 1.28. The summed E-state index contributed by atoms with van der Waals surface area (Å²) in [6.45, 7) is 7.66. The van der Waals surface area contributed by atoms with Gasteiger partial charge in [-0.25, -0.2) is 4.98 Å². The lowest BCUT2D eigenvalue weighted by Gasteiger charge is -2.35. The van der Waals surface area contributed by atoms with Gasteiger partial charge in [-0.15, -0.1) is 11.3 Å². The molecule has 0 aromatic carbocycles. The van der Waals surface area contributed by atoms with Gasteiger partial charge in [-0.05, 0) is 12.8 Å². The molecule has 1 atom stereocenters. The van der Waals surface area contributed by atoms with Gasteiger partial charge in [0.15, 0.2) is 11.1 Å². The normalized spacial score (nSPS) is 22.3. The van der Waals surface area contributed by atoms with Gasteiger partial charge in [0.1, 0.15) is 0 Å². The molecule has 8 heteroatoms. The van der Waals surface area contributed by atoms with Crippen LogP contribution in [-0.2, 0) is 9.47 Å². The van der Waals surface area contributed by atoms with Crippen LogP contribution in [0.2, 0.25) is 0 Å². The lowest BCUT2D eigenvalue weighted by molar-refractivity contribution is 0.0893. The average molecular weight is 353 g/mol. The van der Waals surface area contributed by atoms with Gasteiger partial charge in [-0.1, -0.05) is 0 Å². The second-order valence-corrected chi connectivity index (χ2v) is 7.06. The summed E-state index contributed by atoms with van der Waals surface area (Å²) in [6, 6.07) is 0. The lowest BCUT2D eigenvalue weighted by atomic mass is 10.1. The predicted molar refractivity (Wildman–Crippen MR) is 96.8 cm³/mol. The van der Waals surface area contributed by atoms with Crippen LogP contribution in [0.25, 0.3) is 0 Å². The SMILES string of the molecule is NC(=NCCCOCC1CCOC1)N1CCN(c2nccs2)CC1. The molecule has 3 rings (SSSR count). The van der Waals surface area contributed by atoms with Crippen molar-refractivity contribution >= 4 is 22.4 Å². The Hall–Kier alpha value is -1.38. The molecule has 134 valence electrons. The van der Waals surface area contributed by atoms with Crippen molar-refractivity contribution in [1.82, 2.24) is 9.88 Å². The van der Waals surface area contributed by atoms with E-state index in [1.165, 1.54) is 0 Å². The van der Waals surface area contributed by atoms with Gasteiger partial charge in [-0.2, -0.15) is 0 Å². The number of aliphatic imine (C=N–C) groups is 1. The Labute approximate surface area is 147 Å². The van der Waals surface area contributed by atoms with E-state index in [2.05, 4.69) is 19.8 Å². The molecule has 2 aliphatic heterocycles. The number of rotatable bonds is 7. The van der Waals surface area contributed by atoms with E-state index in [1.807, 2.05) is 11.6 Å². The number of guanidine groups is 1. The molecule has 0 spiro atoms. The molecule has 1 unspecified atom stereocenters. The third kappa shape index (κ3) is 5.06. The number of aromatic nitrogens is 1. The van der Waals surface area contributed by atoms with E-state index >= 15 is 0 Å². The quantitative estimate of drug-likeness (QED) is 0.448. The van der Waals surface area contributed by atoms with E-state index in [0.717, 1.165) is 77.1 Å². The smallest absolute Gasteiger partial charge is 0.191 e.